The second kappa shape index (κ2) is 4.87. The van der Waals surface area contributed by atoms with Crippen LogP contribution in [0.25, 0.3) is 0 Å². The summed E-state index contributed by atoms with van der Waals surface area (Å²) >= 11 is 3.32. The van der Waals surface area contributed by atoms with Crippen molar-refractivity contribution in [2.24, 2.45) is 7.05 Å². The minimum atomic E-state index is -0.263. The molecule has 0 radical (unpaired) electrons. The summed E-state index contributed by atoms with van der Waals surface area (Å²) in [6, 6.07) is 4.91. The van der Waals surface area contributed by atoms with Crippen LogP contribution < -0.4 is 5.32 Å². The van der Waals surface area contributed by atoms with Crippen LogP contribution in [0.4, 0.5) is 10.1 Å². The molecule has 0 spiro atoms. The van der Waals surface area contributed by atoms with Crippen LogP contribution in [0.3, 0.4) is 0 Å². The van der Waals surface area contributed by atoms with E-state index in [0.717, 1.165) is 15.7 Å². The fourth-order valence-corrected chi connectivity index (χ4v) is 2.15. The van der Waals surface area contributed by atoms with Crippen molar-refractivity contribution in [3.8, 4) is 0 Å². The van der Waals surface area contributed by atoms with Crippen molar-refractivity contribution in [1.29, 1.82) is 0 Å². The van der Waals surface area contributed by atoms with Gasteiger partial charge in [-0.05, 0) is 35.0 Å². The van der Waals surface area contributed by atoms with Crippen LogP contribution in [0.15, 0.2) is 28.9 Å². The number of benzene rings is 1. The molecule has 0 aliphatic rings. The molecule has 0 saturated carbocycles. The molecule has 2 rings (SSSR count). The Morgan fingerprint density at radius 2 is 2.24 bits per heavy atom. The molecular formula is C12H13BrFN3. The van der Waals surface area contributed by atoms with Gasteiger partial charge in [-0.1, -0.05) is 6.07 Å². The Labute approximate surface area is 108 Å². The average molecular weight is 298 g/mol. The number of anilines is 1. The van der Waals surface area contributed by atoms with Crippen molar-refractivity contribution in [3.63, 3.8) is 0 Å². The summed E-state index contributed by atoms with van der Waals surface area (Å²) in [7, 11) is 1.87. The highest BCUT2D eigenvalue weighted by Gasteiger charge is 2.08. The smallest absolute Gasteiger partial charge is 0.147 e. The van der Waals surface area contributed by atoms with E-state index in [1.54, 1.807) is 10.7 Å². The first kappa shape index (κ1) is 12.1. The molecule has 3 nitrogen and oxygen atoms in total. The highest BCUT2D eigenvalue weighted by atomic mass is 79.9. The van der Waals surface area contributed by atoms with Crippen LogP contribution in [0.2, 0.25) is 0 Å². The predicted molar refractivity (Wildman–Crippen MR) is 69.4 cm³/mol. The van der Waals surface area contributed by atoms with Crippen molar-refractivity contribution in [3.05, 3.63) is 45.9 Å². The van der Waals surface area contributed by atoms with Gasteiger partial charge in [0, 0.05) is 29.8 Å². The molecule has 0 amide bonds. The minimum Gasteiger partial charge on any atom is -0.378 e. The number of hydrogen-bond acceptors (Lipinski definition) is 2. The number of rotatable bonds is 3. The van der Waals surface area contributed by atoms with Gasteiger partial charge in [0.05, 0.1) is 11.4 Å². The van der Waals surface area contributed by atoms with E-state index in [2.05, 4.69) is 26.3 Å². The number of aromatic nitrogens is 2. The highest BCUT2D eigenvalue weighted by Crippen LogP contribution is 2.25. The zero-order valence-corrected chi connectivity index (χ0v) is 11.3. The minimum absolute atomic E-state index is 0.263. The van der Waals surface area contributed by atoms with E-state index in [-0.39, 0.29) is 5.82 Å². The number of nitrogens with zero attached hydrogens (tertiary/aromatic N) is 2. The summed E-state index contributed by atoms with van der Waals surface area (Å²) in [6.07, 6.45) is 1.93. The molecular weight excluding hydrogens is 285 g/mol. The molecule has 5 heteroatoms. The molecule has 0 fully saturated rings. The van der Waals surface area contributed by atoms with Gasteiger partial charge >= 0.3 is 0 Å². The molecule has 1 N–H and O–H groups in total. The summed E-state index contributed by atoms with van der Waals surface area (Å²) in [6.45, 7) is 2.49. The fourth-order valence-electron chi connectivity index (χ4n) is 1.67. The molecule has 17 heavy (non-hydrogen) atoms. The van der Waals surface area contributed by atoms with Gasteiger partial charge < -0.3 is 5.32 Å². The quantitative estimate of drug-likeness (QED) is 0.942. The van der Waals surface area contributed by atoms with E-state index in [9.17, 15) is 4.39 Å². The van der Waals surface area contributed by atoms with Crippen molar-refractivity contribution in [2.45, 2.75) is 13.5 Å². The summed E-state index contributed by atoms with van der Waals surface area (Å²) in [5.41, 5.74) is 2.49. The second-order valence-corrected chi connectivity index (χ2v) is 4.72. The first-order chi connectivity index (χ1) is 8.08. The lowest BCUT2D eigenvalue weighted by atomic mass is 10.2. The Kier molecular flexibility index (Phi) is 3.47. The lowest BCUT2D eigenvalue weighted by molar-refractivity contribution is 0.629. The Balaban J connectivity index is 2.15. The normalized spacial score (nSPS) is 10.6. The molecule has 0 atom stereocenters. The summed E-state index contributed by atoms with van der Waals surface area (Å²) in [5, 5.41) is 7.32. The van der Waals surface area contributed by atoms with E-state index in [1.165, 1.54) is 6.07 Å². The maximum absolute atomic E-state index is 13.5. The van der Waals surface area contributed by atoms with Gasteiger partial charge in [-0.2, -0.15) is 5.10 Å². The van der Waals surface area contributed by atoms with Crippen LogP contribution in [0, 0.1) is 12.7 Å². The molecule has 0 aliphatic carbocycles. The molecule has 0 saturated heterocycles. The zero-order valence-electron chi connectivity index (χ0n) is 9.67. The lowest BCUT2D eigenvalue weighted by Crippen LogP contribution is -2.02. The van der Waals surface area contributed by atoms with E-state index in [4.69, 9.17) is 0 Å². The molecule has 90 valence electrons. The maximum Gasteiger partial charge on any atom is 0.147 e. The molecule has 2 aromatic rings. The number of hydrogen-bond donors (Lipinski definition) is 1. The van der Waals surface area contributed by atoms with Gasteiger partial charge in [0.1, 0.15) is 5.82 Å². The first-order valence-electron chi connectivity index (χ1n) is 5.25. The topological polar surface area (TPSA) is 29.9 Å². The van der Waals surface area contributed by atoms with Gasteiger partial charge in [0.15, 0.2) is 0 Å². The molecule has 1 aromatic heterocycles. The van der Waals surface area contributed by atoms with Crippen LogP contribution in [-0.2, 0) is 13.6 Å². The number of aryl methyl sites for hydroxylation is 2. The molecule has 0 bridgehead atoms. The lowest BCUT2D eigenvalue weighted by Gasteiger charge is -2.08. The highest BCUT2D eigenvalue weighted by molar-refractivity contribution is 9.10. The maximum atomic E-state index is 13.5. The van der Waals surface area contributed by atoms with Crippen molar-refractivity contribution in [1.82, 2.24) is 9.78 Å². The predicted octanol–water partition coefficient (Wildman–Crippen LogP) is 3.24. The zero-order chi connectivity index (χ0) is 12.4. The second-order valence-electron chi connectivity index (χ2n) is 3.86. The number of halogens is 2. The third-order valence-electron chi connectivity index (χ3n) is 2.53. The third kappa shape index (κ3) is 2.66. The Morgan fingerprint density at radius 1 is 1.47 bits per heavy atom. The van der Waals surface area contributed by atoms with E-state index in [0.29, 0.717) is 12.2 Å². The summed E-state index contributed by atoms with van der Waals surface area (Å²) in [5.74, 6) is -0.263. The van der Waals surface area contributed by atoms with Crippen LogP contribution in [-0.4, -0.2) is 9.78 Å². The molecule has 0 unspecified atom stereocenters. The van der Waals surface area contributed by atoms with Gasteiger partial charge in [-0.3, -0.25) is 4.68 Å². The third-order valence-corrected chi connectivity index (χ3v) is 3.19. The van der Waals surface area contributed by atoms with Gasteiger partial charge in [0.2, 0.25) is 0 Å². The SMILES string of the molecule is Cc1nn(C)cc1CNc1c(F)cccc1Br. The Morgan fingerprint density at radius 3 is 2.82 bits per heavy atom. The van der Waals surface area contributed by atoms with Crippen molar-refractivity contribution < 1.29 is 4.39 Å². The standard InChI is InChI=1S/C12H13BrFN3/c1-8-9(7-17(2)16-8)6-15-12-10(13)4-3-5-11(12)14/h3-5,7,15H,6H2,1-2H3. The first-order valence-corrected chi connectivity index (χ1v) is 6.04. The van der Waals surface area contributed by atoms with Gasteiger partial charge in [-0.15, -0.1) is 0 Å². The van der Waals surface area contributed by atoms with Crippen molar-refractivity contribution in [2.75, 3.05) is 5.32 Å². The number of nitrogens with one attached hydrogen (secondary N) is 1. The molecule has 0 aliphatic heterocycles. The van der Waals surface area contributed by atoms with E-state index < -0.39 is 0 Å². The van der Waals surface area contributed by atoms with Crippen LogP contribution in [0.5, 0.6) is 0 Å². The molecule has 1 heterocycles. The monoisotopic (exact) mass is 297 g/mol. The summed E-state index contributed by atoms with van der Waals surface area (Å²) < 4.78 is 16.0. The van der Waals surface area contributed by atoms with E-state index >= 15 is 0 Å². The van der Waals surface area contributed by atoms with Crippen LogP contribution in [0.1, 0.15) is 11.3 Å². The van der Waals surface area contributed by atoms with Gasteiger partial charge in [-0.25, -0.2) is 4.39 Å². The largest absolute Gasteiger partial charge is 0.378 e. The number of para-hydroxylation sites is 1. The van der Waals surface area contributed by atoms with Crippen molar-refractivity contribution >= 4 is 21.6 Å². The summed E-state index contributed by atoms with van der Waals surface area (Å²) in [4.78, 5) is 0. The molecule has 1 aromatic carbocycles. The Bertz CT molecular complexity index is 516. The average Bonchev–Trinajstić information content (AvgIpc) is 2.57. The van der Waals surface area contributed by atoms with E-state index in [1.807, 2.05) is 26.2 Å². The van der Waals surface area contributed by atoms with Gasteiger partial charge in [0.25, 0.3) is 0 Å². The van der Waals surface area contributed by atoms with Crippen LogP contribution >= 0.6 is 15.9 Å². The fraction of sp³-hybridized carbons (Fsp3) is 0.250. The Hall–Kier alpha value is -1.36.